The summed E-state index contributed by atoms with van der Waals surface area (Å²) in [4.78, 5) is 0. The lowest BCUT2D eigenvalue weighted by Crippen LogP contribution is -1.96. The van der Waals surface area contributed by atoms with Crippen LogP contribution in [0.2, 0.25) is 0 Å². The molecule has 0 aliphatic heterocycles. The van der Waals surface area contributed by atoms with Crippen molar-refractivity contribution in [1.29, 1.82) is 0 Å². The largest absolute Gasteiger partial charge is 0.398 e. The van der Waals surface area contributed by atoms with Crippen molar-refractivity contribution in [2.24, 2.45) is 0 Å². The van der Waals surface area contributed by atoms with Gasteiger partial charge in [-0.2, -0.15) is 0 Å². The molecule has 2 aromatic carbocycles. The zero-order chi connectivity index (χ0) is 12.3. The van der Waals surface area contributed by atoms with Crippen molar-refractivity contribution in [1.82, 2.24) is 0 Å². The van der Waals surface area contributed by atoms with Gasteiger partial charge in [-0.25, -0.2) is 8.42 Å². The maximum atomic E-state index is 10.7. The van der Waals surface area contributed by atoms with E-state index in [0.717, 1.165) is 11.1 Å². The number of benzene rings is 2. The van der Waals surface area contributed by atoms with Gasteiger partial charge in [0.25, 0.3) is 0 Å². The number of anilines is 1. The topological polar surface area (TPSA) is 60.2 Å². The molecule has 88 valence electrons. The number of hydrogen-bond acceptors (Lipinski definition) is 3. The number of hydrogen-bond donors (Lipinski definition) is 2. The molecule has 0 unspecified atom stereocenters. The molecule has 0 saturated heterocycles. The summed E-state index contributed by atoms with van der Waals surface area (Å²) in [6.07, 6.45) is 0. The van der Waals surface area contributed by atoms with Gasteiger partial charge in [0.1, 0.15) is 10.7 Å². The Hall–Kier alpha value is -1.81. The summed E-state index contributed by atoms with van der Waals surface area (Å²) in [5.41, 5.74) is 9.07. The van der Waals surface area contributed by atoms with Gasteiger partial charge < -0.3 is 5.73 Å². The summed E-state index contributed by atoms with van der Waals surface area (Å²) in [5, 5.41) is 0. The molecule has 0 heterocycles. The van der Waals surface area contributed by atoms with Crippen LogP contribution >= 0.6 is 0 Å². The van der Waals surface area contributed by atoms with Crippen molar-refractivity contribution in [2.75, 3.05) is 5.73 Å². The third-order valence-corrected chi connectivity index (χ3v) is 3.15. The summed E-state index contributed by atoms with van der Waals surface area (Å²) >= 11 is 0. The molecule has 0 aliphatic rings. The first-order chi connectivity index (χ1) is 8.16. The Bertz CT molecular complexity index is 584. The molecule has 0 aromatic heterocycles. The van der Waals surface area contributed by atoms with Crippen molar-refractivity contribution < 1.29 is 8.42 Å². The van der Waals surface area contributed by atoms with Crippen molar-refractivity contribution in [3.05, 3.63) is 54.1 Å². The number of nitrogen functional groups attached to an aromatic ring is 1. The molecular formula is C13H13NO2S. The zero-order valence-corrected chi connectivity index (χ0v) is 10.1. The normalized spacial score (nSPS) is 10.6. The second kappa shape index (κ2) is 5.01. The second-order valence-corrected chi connectivity index (χ2v) is 4.75. The maximum Gasteiger partial charge on any atom is 0.144 e. The Morgan fingerprint density at radius 3 is 2.24 bits per heavy atom. The molecule has 2 aromatic rings. The van der Waals surface area contributed by atoms with Gasteiger partial charge in [-0.1, -0.05) is 42.5 Å². The van der Waals surface area contributed by atoms with Crippen molar-refractivity contribution in [2.45, 2.75) is 5.75 Å². The van der Waals surface area contributed by atoms with Gasteiger partial charge in [-0.3, -0.25) is 0 Å². The van der Waals surface area contributed by atoms with Crippen LogP contribution in [0.15, 0.2) is 48.5 Å². The molecule has 0 aliphatic carbocycles. The van der Waals surface area contributed by atoms with Gasteiger partial charge in [0, 0.05) is 5.69 Å². The minimum atomic E-state index is -2.44. The molecule has 2 rings (SSSR count). The molecule has 0 fully saturated rings. The molecule has 4 heteroatoms. The first-order valence-corrected chi connectivity index (χ1v) is 6.59. The van der Waals surface area contributed by atoms with E-state index in [9.17, 15) is 8.42 Å². The van der Waals surface area contributed by atoms with Crippen LogP contribution in [0.3, 0.4) is 0 Å². The summed E-state index contributed by atoms with van der Waals surface area (Å²) in [6.45, 7) is 0. The minimum Gasteiger partial charge on any atom is -0.398 e. The Balaban J connectivity index is 2.37. The Kier molecular flexibility index (Phi) is 3.44. The van der Waals surface area contributed by atoms with E-state index in [1.54, 1.807) is 6.07 Å². The van der Waals surface area contributed by atoms with E-state index in [1.807, 2.05) is 42.5 Å². The molecule has 0 amide bonds. The van der Waals surface area contributed by atoms with E-state index in [-0.39, 0.29) is 5.75 Å². The SMILES string of the molecule is Nc1cc(-c2ccccc2)ccc1C[SH](=O)=O. The molecule has 17 heavy (non-hydrogen) atoms. The molecule has 2 N–H and O–H groups in total. The summed E-state index contributed by atoms with van der Waals surface area (Å²) in [7, 11) is -2.44. The molecule has 0 spiro atoms. The fraction of sp³-hybridized carbons (Fsp3) is 0.0769. The maximum absolute atomic E-state index is 10.7. The molecule has 0 bridgehead atoms. The Morgan fingerprint density at radius 1 is 0.941 bits per heavy atom. The minimum absolute atomic E-state index is 0.00373. The number of rotatable bonds is 3. The summed E-state index contributed by atoms with van der Waals surface area (Å²) < 4.78 is 21.3. The first kappa shape index (κ1) is 11.7. The fourth-order valence-corrected chi connectivity index (χ4v) is 2.25. The van der Waals surface area contributed by atoms with Gasteiger partial charge >= 0.3 is 0 Å². The monoisotopic (exact) mass is 247 g/mol. The summed E-state index contributed by atoms with van der Waals surface area (Å²) in [5.74, 6) is -0.00373. The first-order valence-electron chi connectivity index (χ1n) is 5.22. The van der Waals surface area contributed by atoms with Crippen molar-refractivity contribution in [3.8, 4) is 11.1 Å². The van der Waals surface area contributed by atoms with Crippen LogP contribution in [0.25, 0.3) is 11.1 Å². The predicted molar refractivity (Wildman–Crippen MR) is 70.3 cm³/mol. The predicted octanol–water partition coefficient (Wildman–Crippen LogP) is 2.05. The third-order valence-electron chi connectivity index (χ3n) is 2.55. The van der Waals surface area contributed by atoms with Crippen molar-refractivity contribution in [3.63, 3.8) is 0 Å². The van der Waals surface area contributed by atoms with Gasteiger partial charge in [-0.05, 0) is 22.8 Å². The average Bonchev–Trinajstić information content (AvgIpc) is 2.32. The average molecular weight is 247 g/mol. The van der Waals surface area contributed by atoms with Gasteiger partial charge in [0.2, 0.25) is 0 Å². The van der Waals surface area contributed by atoms with E-state index < -0.39 is 10.7 Å². The van der Waals surface area contributed by atoms with Crippen molar-refractivity contribution >= 4 is 16.4 Å². The quantitative estimate of drug-likeness (QED) is 0.644. The molecule has 0 atom stereocenters. The van der Waals surface area contributed by atoms with E-state index in [4.69, 9.17) is 5.73 Å². The molecule has 0 radical (unpaired) electrons. The highest BCUT2D eigenvalue weighted by atomic mass is 32.2. The lowest BCUT2D eigenvalue weighted by Gasteiger charge is -2.06. The van der Waals surface area contributed by atoms with Crippen LogP contribution in [0.4, 0.5) is 5.69 Å². The molecule has 0 saturated carbocycles. The van der Waals surface area contributed by atoms with Crippen LogP contribution in [0.1, 0.15) is 5.56 Å². The number of thiol groups is 1. The van der Waals surface area contributed by atoms with Gasteiger partial charge in [-0.15, -0.1) is 0 Å². The third kappa shape index (κ3) is 2.85. The molecular weight excluding hydrogens is 234 g/mol. The van der Waals surface area contributed by atoms with Gasteiger partial charge in [0.05, 0.1) is 5.75 Å². The smallest absolute Gasteiger partial charge is 0.144 e. The zero-order valence-electron chi connectivity index (χ0n) is 9.17. The van der Waals surface area contributed by atoms with Crippen LogP contribution in [0, 0.1) is 0 Å². The summed E-state index contributed by atoms with van der Waals surface area (Å²) in [6, 6.07) is 15.3. The highest BCUT2D eigenvalue weighted by Crippen LogP contribution is 2.24. The number of nitrogens with two attached hydrogens (primary N) is 1. The lowest BCUT2D eigenvalue weighted by atomic mass is 10.0. The lowest BCUT2D eigenvalue weighted by molar-refractivity contribution is 0.614. The van der Waals surface area contributed by atoms with Crippen LogP contribution in [0.5, 0.6) is 0 Å². The van der Waals surface area contributed by atoms with E-state index in [1.165, 1.54) is 0 Å². The van der Waals surface area contributed by atoms with E-state index in [0.29, 0.717) is 11.3 Å². The second-order valence-electron chi connectivity index (χ2n) is 3.77. The van der Waals surface area contributed by atoms with Crippen LogP contribution in [-0.4, -0.2) is 8.42 Å². The van der Waals surface area contributed by atoms with Gasteiger partial charge in [0.15, 0.2) is 0 Å². The van der Waals surface area contributed by atoms with E-state index in [2.05, 4.69) is 0 Å². The van der Waals surface area contributed by atoms with Crippen LogP contribution < -0.4 is 5.73 Å². The highest BCUT2D eigenvalue weighted by Gasteiger charge is 2.03. The Labute approximate surface area is 102 Å². The Morgan fingerprint density at radius 2 is 1.65 bits per heavy atom. The fourth-order valence-electron chi connectivity index (χ4n) is 1.69. The molecule has 3 nitrogen and oxygen atoms in total. The highest BCUT2D eigenvalue weighted by molar-refractivity contribution is 7.71. The van der Waals surface area contributed by atoms with E-state index >= 15 is 0 Å². The van der Waals surface area contributed by atoms with Crippen LogP contribution in [-0.2, 0) is 16.5 Å². The standard InChI is InChI=1S/C13H13NO2S/c14-13-8-11(10-4-2-1-3-5-10)6-7-12(13)9-17(15)16/h1-8,17H,9,14H2.